The summed E-state index contributed by atoms with van der Waals surface area (Å²) < 4.78 is 0. The van der Waals surface area contributed by atoms with Crippen LogP contribution in [0.15, 0.2) is 30.5 Å². The average Bonchev–Trinajstić information content (AvgIpc) is 2.22. The Kier molecular flexibility index (Phi) is 5.16. The molecule has 17 heavy (non-hydrogen) atoms. The van der Waals surface area contributed by atoms with Gasteiger partial charge in [0, 0.05) is 11.7 Å². The van der Waals surface area contributed by atoms with Crippen molar-refractivity contribution in [3.05, 3.63) is 36.0 Å². The molecular weight excluding hydrogens is 210 g/mol. The molecule has 3 heteroatoms. The minimum Gasteiger partial charge on any atom is -0.384 e. The van der Waals surface area contributed by atoms with Crippen molar-refractivity contribution in [2.45, 2.75) is 39.2 Å². The normalized spacial score (nSPS) is 12.2. The molecule has 1 rings (SSSR count). The van der Waals surface area contributed by atoms with Crippen molar-refractivity contribution in [1.82, 2.24) is 10.3 Å². The topological polar surface area (TPSA) is 50.9 Å². The Labute approximate surface area is 104 Å². The van der Waals surface area contributed by atoms with Crippen molar-refractivity contribution in [3.8, 4) is 0 Å². The Bertz CT molecular complexity index is 364. The van der Waals surface area contributed by atoms with Crippen molar-refractivity contribution >= 4 is 5.82 Å². The zero-order valence-electron chi connectivity index (χ0n) is 11.0. The van der Waals surface area contributed by atoms with E-state index in [0.717, 1.165) is 19.4 Å². The highest BCUT2D eigenvalue weighted by Gasteiger charge is 2.05. The number of nitrogens with zero attached hydrogens (tertiary/aromatic N) is 1. The first-order valence-corrected chi connectivity index (χ1v) is 6.08. The number of pyridine rings is 1. The van der Waals surface area contributed by atoms with Crippen LogP contribution in [0.1, 0.15) is 32.8 Å². The molecule has 0 atom stereocenters. The molecule has 1 heterocycles. The van der Waals surface area contributed by atoms with Gasteiger partial charge in [-0.1, -0.05) is 12.2 Å². The van der Waals surface area contributed by atoms with Gasteiger partial charge in [0.2, 0.25) is 0 Å². The summed E-state index contributed by atoms with van der Waals surface area (Å²) in [5.74, 6) is 0.588. The maximum Gasteiger partial charge on any atom is 0.123 e. The molecule has 0 unspecified atom stereocenters. The van der Waals surface area contributed by atoms with Crippen LogP contribution < -0.4 is 11.1 Å². The predicted molar refractivity (Wildman–Crippen MR) is 73.9 cm³/mol. The summed E-state index contributed by atoms with van der Waals surface area (Å²) in [5.41, 5.74) is 7.02. The van der Waals surface area contributed by atoms with Gasteiger partial charge in [0.1, 0.15) is 5.82 Å². The highest BCUT2D eigenvalue weighted by Crippen LogP contribution is 2.04. The maximum atomic E-state index is 5.61. The maximum absolute atomic E-state index is 5.61. The highest BCUT2D eigenvalue weighted by atomic mass is 14.9. The molecule has 0 spiro atoms. The van der Waals surface area contributed by atoms with Gasteiger partial charge in [-0.05, 0) is 57.9 Å². The van der Waals surface area contributed by atoms with Crippen LogP contribution in [-0.4, -0.2) is 17.1 Å². The van der Waals surface area contributed by atoms with Crippen molar-refractivity contribution in [1.29, 1.82) is 0 Å². The summed E-state index contributed by atoms with van der Waals surface area (Å²) in [6.45, 7) is 7.54. The van der Waals surface area contributed by atoms with Crippen LogP contribution in [0.3, 0.4) is 0 Å². The van der Waals surface area contributed by atoms with E-state index in [4.69, 9.17) is 5.73 Å². The van der Waals surface area contributed by atoms with Gasteiger partial charge in [-0.2, -0.15) is 0 Å². The SMILES string of the molecule is CC(C)(C)NCCC=CCc1ccnc(N)c1. The number of aromatic nitrogens is 1. The van der Waals surface area contributed by atoms with E-state index in [2.05, 4.69) is 43.2 Å². The monoisotopic (exact) mass is 233 g/mol. The van der Waals surface area contributed by atoms with E-state index in [1.54, 1.807) is 6.20 Å². The third-order valence-corrected chi connectivity index (χ3v) is 2.33. The van der Waals surface area contributed by atoms with Crippen molar-refractivity contribution in [3.63, 3.8) is 0 Å². The van der Waals surface area contributed by atoms with Crippen LogP contribution in [0.4, 0.5) is 5.82 Å². The molecule has 0 aliphatic carbocycles. The first kappa shape index (κ1) is 13.7. The molecule has 0 aliphatic heterocycles. The fraction of sp³-hybridized carbons (Fsp3) is 0.500. The number of allylic oxidation sites excluding steroid dienone is 1. The number of hydrogen-bond acceptors (Lipinski definition) is 3. The van der Waals surface area contributed by atoms with Crippen molar-refractivity contribution < 1.29 is 0 Å². The molecule has 0 saturated heterocycles. The number of rotatable bonds is 5. The summed E-state index contributed by atoms with van der Waals surface area (Å²) in [6.07, 6.45) is 8.11. The zero-order valence-corrected chi connectivity index (χ0v) is 11.0. The van der Waals surface area contributed by atoms with Gasteiger partial charge >= 0.3 is 0 Å². The highest BCUT2D eigenvalue weighted by molar-refractivity contribution is 5.32. The van der Waals surface area contributed by atoms with E-state index in [9.17, 15) is 0 Å². The number of anilines is 1. The van der Waals surface area contributed by atoms with E-state index in [1.165, 1.54) is 5.56 Å². The van der Waals surface area contributed by atoms with Crippen LogP contribution in [-0.2, 0) is 6.42 Å². The second-order valence-electron chi connectivity index (χ2n) is 5.23. The molecule has 0 radical (unpaired) electrons. The number of hydrogen-bond donors (Lipinski definition) is 2. The van der Waals surface area contributed by atoms with Crippen LogP contribution in [0.25, 0.3) is 0 Å². The first-order chi connectivity index (χ1) is 7.97. The standard InChI is InChI=1S/C14H23N3/c1-14(2,3)17-9-6-4-5-7-12-8-10-16-13(15)11-12/h4-5,8,10-11,17H,6-7,9H2,1-3H3,(H2,15,16). The second kappa shape index (κ2) is 6.40. The van der Waals surface area contributed by atoms with Crippen LogP contribution in [0.2, 0.25) is 0 Å². The Balaban J connectivity index is 2.22. The number of nitrogens with two attached hydrogens (primary N) is 1. The van der Waals surface area contributed by atoms with Gasteiger partial charge in [-0.15, -0.1) is 0 Å². The lowest BCUT2D eigenvalue weighted by Crippen LogP contribution is -2.36. The quantitative estimate of drug-likeness (QED) is 0.607. The van der Waals surface area contributed by atoms with Gasteiger partial charge in [-0.3, -0.25) is 0 Å². The van der Waals surface area contributed by atoms with Crippen molar-refractivity contribution in [2.75, 3.05) is 12.3 Å². The van der Waals surface area contributed by atoms with Gasteiger partial charge < -0.3 is 11.1 Å². The van der Waals surface area contributed by atoms with Gasteiger partial charge in [0.05, 0.1) is 0 Å². The summed E-state index contributed by atoms with van der Waals surface area (Å²) >= 11 is 0. The summed E-state index contributed by atoms with van der Waals surface area (Å²) in [4.78, 5) is 3.97. The minimum absolute atomic E-state index is 0.202. The summed E-state index contributed by atoms with van der Waals surface area (Å²) in [6, 6.07) is 3.91. The lowest BCUT2D eigenvalue weighted by Gasteiger charge is -2.19. The average molecular weight is 233 g/mol. The first-order valence-electron chi connectivity index (χ1n) is 6.08. The molecule has 0 amide bonds. The van der Waals surface area contributed by atoms with Gasteiger partial charge in [0.25, 0.3) is 0 Å². The second-order valence-corrected chi connectivity index (χ2v) is 5.23. The molecule has 94 valence electrons. The van der Waals surface area contributed by atoms with Crippen molar-refractivity contribution in [2.24, 2.45) is 0 Å². The van der Waals surface area contributed by atoms with Crippen LogP contribution in [0, 0.1) is 0 Å². The summed E-state index contributed by atoms with van der Waals surface area (Å²) in [5, 5.41) is 3.45. The Morgan fingerprint density at radius 3 is 2.76 bits per heavy atom. The third kappa shape index (κ3) is 6.74. The molecule has 0 aliphatic rings. The van der Waals surface area contributed by atoms with E-state index in [-0.39, 0.29) is 5.54 Å². The molecule has 0 saturated carbocycles. The summed E-state index contributed by atoms with van der Waals surface area (Å²) in [7, 11) is 0. The molecule has 3 N–H and O–H groups in total. The molecule has 1 aromatic heterocycles. The molecule has 0 aromatic carbocycles. The lowest BCUT2D eigenvalue weighted by molar-refractivity contribution is 0.431. The molecular formula is C14H23N3. The van der Waals surface area contributed by atoms with E-state index >= 15 is 0 Å². The molecule has 0 fully saturated rings. The fourth-order valence-corrected chi connectivity index (χ4v) is 1.49. The molecule has 0 bridgehead atoms. The minimum atomic E-state index is 0.202. The Morgan fingerprint density at radius 1 is 1.35 bits per heavy atom. The van der Waals surface area contributed by atoms with E-state index in [0.29, 0.717) is 5.82 Å². The van der Waals surface area contributed by atoms with Crippen LogP contribution >= 0.6 is 0 Å². The van der Waals surface area contributed by atoms with E-state index < -0.39 is 0 Å². The number of nitrogen functional groups attached to an aromatic ring is 1. The molecule has 3 nitrogen and oxygen atoms in total. The predicted octanol–water partition coefficient (Wildman–Crippen LogP) is 2.54. The largest absolute Gasteiger partial charge is 0.384 e. The molecule has 1 aromatic rings. The third-order valence-electron chi connectivity index (χ3n) is 2.33. The Hall–Kier alpha value is -1.35. The number of nitrogens with one attached hydrogen (secondary N) is 1. The van der Waals surface area contributed by atoms with Gasteiger partial charge in [-0.25, -0.2) is 4.98 Å². The zero-order chi connectivity index (χ0) is 12.7. The smallest absolute Gasteiger partial charge is 0.123 e. The fourth-order valence-electron chi connectivity index (χ4n) is 1.49. The van der Waals surface area contributed by atoms with E-state index in [1.807, 2.05) is 12.1 Å². The van der Waals surface area contributed by atoms with Gasteiger partial charge in [0.15, 0.2) is 0 Å². The lowest BCUT2D eigenvalue weighted by atomic mass is 10.1. The Morgan fingerprint density at radius 2 is 2.12 bits per heavy atom. The van der Waals surface area contributed by atoms with Crippen LogP contribution in [0.5, 0.6) is 0 Å².